The van der Waals surface area contributed by atoms with Gasteiger partial charge in [-0.3, -0.25) is 9.68 Å². The number of para-hydroxylation sites is 1. The van der Waals surface area contributed by atoms with E-state index in [4.69, 9.17) is 36.3 Å². The Morgan fingerprint density at radius 1 is 0.651 bits per heavy atom. The number of nitriles is 1. The third-order valence-corrected chi connectivity index (χ3v) is 4.26. The highest BCUT2D eigenvalue weighted by Crippen LogP contribution is 2.35. The highest BCUT2D eigenvalue weighted by molar-refractivity contribution is 5.50. The van der Waals surface area contributed by atoms with Gasteiger partial charge in [0.2, 0.25) is 12.2 Å². The van der Waals surface area contributed by atoms with Gasteiger partial charge in [0.05, 0.1) is 7.11 Å². The first-order valence-corrected chi connectivity index (χ1v) is 13.6. The second kappa shape index (κ2) is 37.4. The van der Waals surface area contributed by atoms with Crippen LogP contribution in [-0.2, 0) is 24.0 Å². The van der Waals surface area contributed by atoms with Gasteiger partial charge < -0.3 is 9.64 Å². The molecule has 3 aromatic rings. The summed E-state index contributed by atoms with van der Waals surface area (Å²) in [6.45, 7) is 12.0. The molecule has 0 spiro atoms. The molecule has 2 unspecified atom stereocenters. The molecule has 11 heteroatoms. The highest BCUT2D eigenvalue weighted by Gasteiger charge is 2.30. The molecule has 0 heterocycles. The maximum absolute atomic E-state index is 8.88. The van der Waals surface area contributed by atoms with Crippen LogP contribution in [0.2, 0.25) is 0 Å². The molecule has 0 aromatic heterocycles. The van der Waals surface area contributed by atoms with Gasteiger partial charge in [0.1, 0.15) is 0 Å². The van der Waals surface area contributed by atoms with E-state index in [0.29, 0.717) is 0 Å². The minimum absolute atomic E-state index is 0.572. The number of hydrogen-bond donors (Lipinski definition) is 2. The largest absolute Gasteiger partial charge is 0.431 e. The number of carbonyl (C=O) groups excluding carboxylic acids is 2. The zero-order chi connectivity index (χ0) is 33.7. The number of benzene rings is 3. The van der Waals surface area contributed by atoms with Crippen molar-refractivity contribution in [3.05, 3.63) is 102 Å². The summed E-state index contributed by atoms with van der Waals surface area (Å²) >= 11 is 0. The van der Waals surface area contributed by atoms with E-state index in [-0.39, 0.29) is 0 Å². The van der Waals surface area contributed by atoms with Crippen LogP contribution >= 0.6 is 0 Å². The second-order valence-electron chi connectivity index (χ2n) is 6.47. The summed E-state index contributed by atoms with van der Waals surface area (Å²) in [7, 11) is 4.08. The standard InChI is InChI=1S/C20H21N3O2.3C2H3NO.3C2H6/c21-24-19(16-10-4-1-5-11-16)23(18-14-8-3-9-15-18)20(25-22)17-12-6-2-7-13-17;1-4-2-3;2*1-3-2-4;3*1-2/h1-15,19-20H,21-22H2;3*1H3;3*1-2H3. The predicted molar refractivity (Wildman–Crippen MR) is 173 cm³/mol. The highest BCUT2D eigenvalue weighted by atomic mass is 16.7. The van der Waals surface area contributed by atoms with Crippen LogP contribution in [0.25, 0.3) is 0 Å². The van der Waals surface area contributed by atoms with Gasteiger partial charge in [0.15, 0.2) is 12.5 Å². The van der Waals surface area contributed by atoms with Crippen molar-refractivity contribution in [1.82, 2.24) is 0 Å². The first kappa shape index (κ1) is 45.3. The van der Waals surface area contributed by atoms with E-state index in [1.807, 2.05) is 137 Å². The van der Waals surface area contributed by atoms with E-state index in [2.05, 4.69) is 14.7 Å². The van der Waals surface area contributed by atoms with E-state index in [1.54, 1.807) is 0 Å². The number of nitrogens with zero attached hydrogens (tertiary/aromatic N) is 4. The van der Waals surface area contributed by atoms with Crippen molar-refractivity contribution >= 4 is 17.8 Å². The minimum Gasteiger partial charge on any atom is -0.431 e. The van der Waals surface area contributed by atoms with E-state index < -0.39 is 12.5 Å². The molecule has 0 aliphatic carbocycles. The number of methoxy groups -OCH3 is 1. The Balaban J connectivity index is -0.000000352. The van der Waals surface area contributed by atoms with Gasteiger partial charge in [-0.05, 0) is 12.1 Å². The molecule has 0 aliphatic heterocycles. The molecule has 0 saturated carbocycles. The molecule has 2 atom stereocenters. The van der Waals surface area contributed by atoms with Gasteiger partial charge in [-0.2, -0.15) is 5.26 Å². The van der Waals surface area contributed by atoms with Gasteiger partial charge in [0.25, 0.3) is 6.26 Å². The van der Waals surface area contributed by atoms with Crippen molar-refractivity contribution in [2.45, 2.75) is 54.0 Å². The molecule has 0 saturated heterocycles. The minimum atomic E-state index is -0.572. The molecular formula is C32H48N6O5. The zero-order valence-corrected chi connectivity index (χ0v) is 26.8. The lowest BCUT2D eigenvalue weighted by atomic mass is 10.1. The monoisotopic (exact) mass is 596 g/mol. The van der Waals surface area contributed by atoms with E-state index >= 15 is 0 Å². The number of anilines is 1. The fourth-order valence-corrected chi connectivity index (χ4v) is 2.84. The maximum atomic E-state index is 8.88. The van der Waals surface area contributed by atoms with Gasteiger partial charge >= 0.3 is 0 Å². The van der Waals surface area contributed by atoms with Crippen LogP contribution in [0, 0.1) is 11.5 Å². The lowest BCUT2D eigenvalue weighted by molar-refractivity contribution is -0.0189. The van der Waals surface area contributed by atoms with Crippen molar-refractivity contribution in [3.63, 3.8) is 0 Å². The van der Waals surface area contributed by atoms with Gasteiger partial charge in [-0.1, -0.05) is 120 Å². The first-order valence-electron chi connectivity index (χ1n) is 13.6. The van der Waals surface area contributed by atoms with E-state index in [1.165, 1.54) is 39.6 Å². The fraction of sp³-hybridized carbons (Fsp3) is 0.344. The van der Waals surface area contributed by atoms with Crippen molar-refractivity contribution in [3.8, 4) is 6.26 Å². The number of ether oxygens (including phenoxy) is 1. The topological polar surface area (TPSA) is 166 Å². The SMILES string of the molecule is CC.CC.CC.CN=C=O.CN=C=O.COC#N.NOC(c1ccccc1)N(c1ccccc1)C(ON)c1ccccc1. The molecule has 3 aromatic carbocycles. The van der Waals surface area contributed by atoms with Crippen molar-refractivity contribution in [1.29, 1.82) is 5.26 Å². The molecule has 0 radical (unpaired) electrons. The number of aliphatic imine (C=N–C) groups is 2. The molecule has 4 N–H and O–H groups in total. The van der Waals surface area contributed by atoms with Crippen LogP contribution in [0.1, 0.15) is 65.1 Å². The molecule has 0 bridgehead atoms. The molecule has 236 valence electrons. The normalized spacial score (nSPS) is 9.26. The van der Waals surface area contributed by atoms with Crippen LogP contribution in [0.4, 0.5) is 5.69 Å². The van der Waals surface area contributed by atoms with Crippen LogP contribution in [0.5, 0.6) is 0 Å². The number of nitrogens with two attached hydrogens (primary N) is 2. The van der Waals surface area contributed by atoms with Gasteiger partial charge in [-0.25, -0.2) is 31.4 Å². The Morgan fingerprint density at radius 3 is 1.12 bits per heavy atom. The van der Waals surface area contributed by atoms with Gasteiger partial charge in [0, 0.05) is 30.9 Å². The molecule has 43 heavy (non-hydrogen) atoms. The summed E-state index contributed by atoms with van der Waals surface area (Å²) in [5.74, 6) is 11.4. The summed E-state index contributed by atoms with van der Waals surface area (Å²) in [5, 5.41) is 7.40. The average Bonchev–Trinajstić information content (AvgIpc) is 3.12. The Labute approximate surface area is 257 Å². The molecule has 0 fully saturated rings. The van der Waals surface area contributed by atoms with Crippen molar-refractivity contribution in [2.24, 2.45) is 21.8 Å². The molecular weight excluding hydrogens is 548 g/mol. The molecule has 11 nitrogen and oxygen atoms in total. The van der Waals surface area contributed by atoms with Crippen molar-refractivity contribution in [2.75, 3.05) is 26.1 Å². The van der Waals surface area contributed by atoms with Crippen LogP contribution in [0.3, 0.4) is 0 Å². The third kappa shape index (κ3) is 21.7. The maximum Gasteiger partial charge on any atom is 0.286 e. The Hall–Kier alpha value is -4.65. The quantitative estimate of drug-likeness (QED) is 0.0984. The van der Waals surface area contributed by atoms with Crippen LogP contribution < -0.4 is 16.7 Å². The average molecular weight is 597 g/mol. The van der Waals surface area contributed by atoms with Crippen molar-refractivity contribution < 1.29 is 24.0 Å². The third-order valence-electron chi connectivity index (χ3n) is 4.26. The molecule has 0 aliphatic rings. The summed E-state index contributed by atoms with van der Waals surface area (Å²) in [6, 6.07) is 29.2. The number of rotatable bonds is 7. The first-order chi connectivity index (χ1) is 21.1. The Morgan fingerprint density at radius 2 is 0.907 bits per heavy atom. The summed E-state index contributed by atoms with van der Waals surface area (Å²) in [5.41, 5.74) is 2.67. The van der Waals surface area contributed by atoms with E-state index in [9.17, 15) is 0 Å². The summed E-state index contributed by atoms with van der Waals surface area (Å²) < 4.78 is 3.85. The van der Waals surface area contributed by atoms with Gasteiger partial charge in [-0.15, -0.1) is 0 Å². The predicted octanol–water partition coefficient (Wildman–Crippen LogP) is 6.77. The lowest BCUT2D eigenvalue weighted by Gasteiger charge is -2.37. The Kier molecular flexibility index (Phi) is 39.4. The van der Waals surface area contributed by atoms with E-state index in [0.717, 1.165) is 16.8 Å². The fourth-order valence-electron chi connectivity index (χ4n) is 2.84. The number of hydrogen-bond acceptors (Lipinski definition) is 11. The zero-order valence-electron chi connectivity index (χ0n) is 26.8. The molecule has 3 rings (SSSR count). The van der Waals surface area contributed by atoms with Crippen LogP contribution in [-0.4, -0.2) is 33.4 Å². The molecule has 0 amide bonds. The Bertz CT molecular complexity index is 1040. The summed E-state index contributed by atoms with van der Waals surface area (Å²) in [6.07, 6.45) is 2.90. The summed E-state index contributed by atoms with van der Waals surface area (Å²) in [4.78, 5) is 36.2. The smallest absolute Gasteiger partial charge is 0.286 e. The van der Waals surface area contributed by atoms with Crippen LogP contribution in [0.15, 0.2) is 101 Å². The number of isocyanates is 2. The lowest BCUT2D eigenvalue weighted by Crippen LogP contribution is -2.38. The second-order valence-corrected chi connectivity index (χ2v) is 6.47.